The molecule has 1 aromatic heterocycles. The third-order valence-electron chi connectivity index (χ3n) is 2.08. The normalized spacial score (nSPS) is 10.2. The smallest absolute Gasteiger partial charge is 0.241 e. The lowest BCUT2D eigenvalue weighted by Crippen LogP contribution is -2.30. The zero-order valence-corrected chi connectivity index (χ0v) is 9.82. The Bertz CT molecular complexity index is 414. The number of nitrogens with zero attached hydrogens (tertiary/aromatic N) is 3. The van der Waals surface area contributed by atoms with Crippen LogP contribution in [0.3, 0.4) is 0 Å². The topological polar surface area (TPSA) is 70.7 Å². The SMILES string of the molecule is Cc1nn(CC(=O)NCC(C)C)cc1C#N. The monoisotopic (exact) mass is 220 g/mol. The first-order valence-electron chi connectivity index (χ1n) is 5.23. The van der Waals surface area contributed by atoms with Gasteiger partial charge in [-0.1, -0.05) is 13.8 Å². The summed E-state index contributed by atoms with van der Waals surface area (Å²) < 4.78 is 1.49. The molecule has 0 saturated heterocycles. The van der Waals surface area contributed by atoms with E-state index in [9.17, 15) is 4.79 Å². The maximum absolute atomic E-state index is 11.5. The first kappa shape index (κ1) is 12.2. The van der Waals surface area contributed by atoms with Crippen molar-refractivity contribution in [2.24, 2.45) is 5.92 Å². The van der Waals surface area contributed by atoms with E-state index < -0.39 is 0 Å². The molecule has 0 aliphatic carbocycles. The van der Waals surface area contributed by atoms with Crippen LogP contribution in [0.2, 0.25) is 0 Å². The van der Waals surface area contributed by atoms with E-state index in [1.54, 1.807) is 13.1 Å². The van der Waals surface area contributed by atoms with E-state index in [4.69, 9.17) is 5.26 Å². The molecule has 1 N–H and O–H groups in total. The lowest BCUT2D eigenvalue weighted by molar-refractivity contribution is -0.122. The van der Waals surface area contributed by atoms with Gasteiger partial charge >= 0.3 is 0 Å². The Morgan fingerprint density at radius 3 is 2.88 bits per heavy atom. The fraction of sp³-hybridized carbons (Fsp3) is 0.545. The second-order valence-electron chi connectivity index (χ2n) is 4.14. The minimum atomic E-state index is -0.0827. The maximum Gasteiger partial charge on any atom is 0.241 e. The largest absolute Gasteiger partial charge is 0.354 e. The van der Waals surface area contributed by atoms with Crippen molar-refractivity contribution in [1.29, 1.82) is 5.26 Å². The summed E-state index contributed by atoms with van der Waals surface area (Å²) in [6.07, 6.45) is 1.59. The molecule has 1 amide bonds. The molecule has 0 radical (unpaired) electrons. The molecule has 5 heteroatoms. The molecule has 0 aliphatic rings. The van der Waals surface area contributed by atoms with E-state index in [-0.39, 0.29) is 12.5 Å². The van der Waals surface area contributed by atoms with Crippen LogP contribution in [0.15, 0.2) is 6.20 Å². The number of aryl methyl sites for hydroxylation is 1. The molecule has 0 saturated carbocycles. The third kappa shape index (κ3) is 3.39. The number of carbonyl (C=O) groups excluding carboxylic acids is 1. The molecular weight excluding hydrogens is 204 g/mol. The molecule has 0 unspecified atom stereocenters. The number of nitriles is 1. The maximum atomic E-state index is 11.5. The van der Waals surface area contributed by atoms with Gasteiger partial charge in [-0.15, -0.1) is 0 Å². The fourth-order valence-corrected chi connectivity index (χ4v) is 1.23. The highest BCUT2D eigenvalue weighted by molar-refractivity contribution is 5.75. The van der Waals surface area contributed by atoms with Crippen LogP contribution in [0, 0.1) is 24.2 Å². The molecule has 0 aliphatic heterocycles. The van der Waals surface area contributed by atoms with Crippen molar-refractivity contribution in [2.45, 2.75) is 27.3 Å². The first-order chi connectivity index (χ1) is 7.52. The summed E-state index contributed by atoms with van der Waals surface area (Å²) in [5.41, 5.74) is 1.16. The van der Waals surface area contributed by atoms with E-state index in [2.05, 4.69) is 10.4 Å². The minimum Gasteiger partial charge on any atom is -0.354 e. The number of amides is 1. The molecule has 16 heavy (non-hydrogen) atoms. The quantitative estimate of drug-likeness (QED) is 0.817. The van der Waals surface area contributed by atoms with Gasteiger partial charge in [0.1, 0.15) is 12.6 Å². The molecule has 5 nitrogen and oxygen atoms in total. The highest BCUT2D eigenvalue weighted by atomic mass is 16.2. The summed E-state index contributed by atoms with van der Waals surface area (Å²) in [5, 5.41) is 15.6. The van der Waals surface area contributed by atoms with Crippen LogP contribution in [0.1, 0.15) is 25.1 Å². The highest BCUT2D eigenvalue weighted by Crippen LogP contribution is 2.02. The van der Waals surface area contributed by atoms with Gasteiger partial charge in [0.2, 0.25) is 5.91 Å². The van der Waals surface area contributed by atoms with Crippen LogP contribution in [0.5, 0.6) is 0 Å². The Morgan fingerprint density at radius 2 is 2.38 bits per heavy atom. The number of hydrogen-bond donors (Lipinski definition) is 1. The Balaban J connectivity index is 2.54. The molecule has 0 bridgehead atoms. The van der Waals surface area contributed by atoms with E-state index in [1.807, 2.05) is 19.9 Å². The number of carbonyl (C=O) groups is 1. The Kier molecular flexibility index (Phi) is 4.06. The van der Waals surface area contributed by atoms with E-state index in [0.717, 1.165) is 0 Å². The van der Waals surface area contributed by atoms with Gasteiger partial charge in [0.05, 0.1) is 11.3 Å². The van der Waals surface area contributed by atoms with Gasteiger partial charge in [0, 0.05) is 12.7 Å². The van der Waals surface area contributed by atoms with Crippen molar-refractivity contribution >= 4 is 5.91 Å². The van der Waals surface area contributed by atoms with Gasteiger partial charge in [-0.05, 0) is 12.8 Å². The molecule has 0 fully saturated rings. The van der Waals surface area contributed by atoms with Crippen LogP contribution in [0.25, 0.3) is 0 Å². The summed E-state index contributed by atoms with van der Waals surface area (Å²) in [7, 11) is 0. The van der Waals surface area contributed by atoms with Crippen LogP contribution < -0.4 is 5.32 Å². The minimum absolute atomic E-state index is 0.0827. The molecule has 1 heterocycles. The Morgan fingerprint density at radius 1 is 1.69 bits per heavy atom. The number of rotatable bonds is 4. The summed E-state index contributed by atoms with van der Waals surface area (Å²) >= 11 is 0. The molecule has 0 spiro atoms. The van der Waals surface area contributed by atoms with Crippen molar-refractivity contribution in [3.63, 3.8) is 0 Å². The Hall–Kier alpha value is -1.83. The zero-order valence-electron chi connectivity index (χ0n) is 9.82. The molecule has 86 valence electrons. The summed E-state index contributed by atoms with van der Waals surface area (Å²) in [6.45, 7) is 6.64. The highest BCUT2D eigenvalue weighted by Gasteiger charge is 2.07. The lowest BCUT2D eigenvalue weighted by atomic mass is 10.2. The van der Waals surface area contributed by atoms with E-state index in [0.29, 0.717) is 23.7 Å². The van der Waals surface area contributed by atoms with E-state index in [1.165, 1.54) is 4.68 Å². The Labute approximate surface area is 95.1 Å². The molecule has 0 atom stereocenters. The van der Waals surface area contributed by atoms with Gasteiger partial charge in [-0.25, -0.2) is 0 Å². The summed E-state index contributed by atoms with van der Waals surface area (Å²) in [6, 6.07) is 2.02. The average molecular weight is 220 g/mol. The summed E-state index contributed by atoms with van der Waals surface area (Å²) in [5.74, 6) is 0.346. The van der Waals surface area contributed by atoms with Crippen molar-refractivity contribution < 1.29 is 4.79 Å². The second kappa shape index (κ2) is 5.31. The van der Waals surface area contributed by atoms with E-state index >= 15 is 0 Å². The van der Waals surface area contributed by atoms with Gasteiger partial charge in [0.25, 0.3) is 0 Å². The van der Waals surface area contributed by atoms with Gasteiger partial charge in [-0.3, -0.25) is 9.48 Å². The first-order valence-corrected chi connectivity index (χ1v) is 5.23. The molecule has 1 rings (SSSR count). The van der Waals surface area contributed by atoms with Crippen LogP contribution >= 0.6 is 0 Å². The predicted molar refractivity (Wildman–Crippen MR) is 59.5 cm³/mol. The van der Waals surface area contributed by atoms with Crippen molar-refractivity contribution in [3.8, 4) is 6.07 Å². The molecule has 0 aromatic carbocycles. The average Bonchev–Trinajstić information content (AvgIpc) is 2.55. The summed E-state index contributed by atoms with van der Waals surface area (Å²) in [4.78, 5) is 11.5. The third-order valence-corrected chi connectivity index (χ3v) is 2.08. The van der Waals surface area contributed by atoms with Crippen molar-refractivity contribution in [1.82, 2.24) is 15.1 Å². The van der Waals surface area contributed by atoms with Crippen molar-refractivity contribution in [3.05, 3.63) is 17.5 Å². The van der Waals surface area contributed by atoms with Gasteiger partial charge < -0.3 is 5.32 Å². The van der Waals surface area contributed by atoms with Gasteiger partial charge in [0.15, 0.2) is 0 Å². The second-order valence-corrected chi connectivity index (χ2v) is 4.14. The predicted octanol–water partition coefficient (Wildman–Crippen LogP) is 0.835. The number of aromatic nitrogens is 2. The van der Waals surface area contributed by atoms with Gasteiger partial charge in [-0.2, -0.15) is 10.4 Å². The van der Waals surface area contributed by atoms with Crippen molar-refractivity contribution in [2.75, 3.05) is 6.54 Å². The molecule has 1 aromatic rings. The fourth-order valence-electron chi connectivity index (χ4n) is 1.23. The van der Waals surface area contributed by atoms with Crippen LogP contribution in [-0.2, 0) is 11.3 Å². The lowest BCUT2D eigenvalue weighted by Gasteiger charge is -2.07. The standard InChI is InChI=1S/C11H16N4O/c1-8(2)5-13-11(16)7-15-6-10(4-12)9(3)14-15/h6,8H,5,7H2,1-3H3,(H,13,16). The molecular formula is C11H16N4O. The number of nitrogens with one attached hydrogen (secondary N) is 1. The van der Waals surface area contributed by atoms with Crippen LogP contribution in [-0.4, -0.2) is 22.2 Å². The zero-order chi connectivity index (χ0) is 12.1. The number of hydrogen-bond acceptors (Lipinski definition) is 3. The van der Waals surface area contributed by atoms with Crippen LogP contribution in [0.4, 0.5) is 0 Å².